The van der Waals surface area contributed by atoms with Crippen LogP contribution in [0.25, 0.3) is 0 Å². The number of nitrogens with one attached hydrogen (secondary N) is 1. The first-order chi connectivity index (χ1) is 9.89. The molecule has 0 aliphatic carbocycles. The van der Waals surface area contributed by atoms with Crippen molar-refractivity contribution in [2.24, 2.45) is 9.98 Å². The van der Waals surface area contributed by atoms with Crippen LogP contribution in [0, 0.1) is 0 Å². The fraction of sp³-hybridized carbons (Fsp3) is 0.769. The van der Waals surface area contributed by atoms with Gasteiger partial charge in [0.25, 0.3) is 0 Å². The van der Waals surface area contributed by atoms with Crippen molar-refractivity contribution in [3.63, 3.8) is 0 Å². The Hall–Kier alpha value is -1.17. The van der Waals surface area contributed by atoms with Crippen LogP contribution < -0.4 is 5.32 Å². The Morgan fingerprint density at radius 3 is 2.10 bits per heavy atom. The molecular formula is C13H22N4O2S2. The molecule has 0 saturated heterocycles. The number of rotatable bonds is 9. The molecule has 0 aromatic rings. The highest BCUT2D eigenvalue weighted by Gasteiger charge is 2.15. The maximum Gasteiger partial charge on any atom is 0.407 e. The smallest absolute Gasteiger partial charge is 0.407 e. The lowest BCUT2D eigenvalue weighted by Gasteiger charge is -2.22. The van der Waals surface area contributed by atoms with E-state index in [2.05, 4.69) is 55.0 Å². The molecular weight excluding hydrogens is 308 g/mol. The van der Waals surface area contributed by atoms with Crippen LogP contribution in [-0.2, 0) is 4.74 Å². The highest BCUT2D eigenvalue weighted by atomic mass is 32.1. The highest BCUT2D eigenvalue weighted by molar-refractivity contribution is 7.78. The molecule has 1 N–H and O–H groups in total. The number of nitrogens with zero attached hydrogens (tertiary/aromatic N) is 3. The molecule has 0 spiro atoms. The molecule has 1 amide bonds. The van der Waals surface area contributed by atoms with E-state index in [1.165, 1.54) is 0 Å². The predicted octanol–water partition coefficient (Wildman–Crippen LogP) is 2.02. The number of alkyl carbamates (subject to hydrolysis) is 1. The quantitative estimate of drug-likeness (QED) is 0.517. The van der Waals surface area contributed by atoms with Crippen LogP contribution in [0.5, 0.6) is 0 Å². The van der Waals surface area contributed by atoms with Crippen molar-refractivity contribution < 1.29 is 9.53 Å². The first-order valence-electron chi connectivity index (χ1n) is 6.65. The van der Waals surface area contributed by atoms with E-state index in [1.807, 2.05) is 20.8 Å². The summed E-state index contributed by atoms with van der Waals surface area (Å²) in [5, 5.41) is 7.37. The summed E-state index contributed by atoms with van der Waals surface area (Å²) in [6, 6.07) is 0. The number of isothiocyanates is 2. The Bertz CT molecular complexity index is 389. The molecule has 0 aliphatic heterocycles. The average molecular weight is 330 g/mol. The first-order valence-corrected chi connectivity index (χ1v) is 7.47. The van der Waals surface area contributed by atoms with Crippen LogP contribution in [0.15, 0.2) is 9.98 Å². The molecule has 0 unspecified atom stereocenters. The minimum Gasteiger partial charge on any atom is -0.444 e. The minimum atomic E-state index is -0.494. The highest BCUT2D eigenvalue weighted by Crippen LogP contribution is 2.06. The van der Waals surface area contributed by atoms with Crippen LogP contribution in [0.3, 0.4) is 0 Å². The van der Waals surface area contributed by atoms with E-state index in [0.29, 0.717) is 39.3 Å². The van der Waals surface area contributed by atoms with Crippen LogP contribution in [0.1, 0.15) is 20.8 Å². The maximum absolute atomic E-state index is 11.5. The molecule has 21 heavy (non-hydrogen) atoms. The normalized spacial score (nSPS) is 10.5. The number of carbonyl (C=O) groups is 1. The molecule has 0 fully saturated rings. The lowest BCUT2D eigenvalue weighted by molar-refractivity contribution is 0.0522. The number of hydrogen-bond acceptors (Lipinski definition) is 7. The summed E-state index contributed by atoms with van der Waals surface area (Å²) in [7, 11) is 0. The Morgan fingerprint density at radius 1 is 1.14 bits per heavy atom. The number of aliphatic imine (C=N–C) groups is 2. The van der Waals surface area contributed by atoms with Gasteiger partial charge in [0.05, 0.1) is 23.4 Å². The van der Waals surface area contributed by atoms with E-state index >= 15 is 0 Å². The number of hydrogen-bond donors (Lipinski definition) is 1. The Morgan fingerprint density at radius 2 is 1.67 bits per heavy atom. The van der Waals surface area contributed by atoms with Crippen LogP contribution in [0.4, 0.5) is 4.79 Å². The third-order valence-electron chi connectivity index (χ3n) is 2.28. The number of carbonyl (C=O) groups excluding carboxylic acids is 1. The third-order valence-corrected chi connectivity index (χ3v) is 2.54. The van der Waals surface area contributed by atoms with Crippen molar-refractivity contribution in [2.45, 2.75) is 26.4 Å². The van der Waals surface area contributed by atoms with Gasteiger partial charge in [-0.05, 0) is 45.2 Å². The van der Waals surface area contributed by atoms with Crippen LogP contribution >= 0.6 is 24.4 Å². The molecule has 0 atom stereocenters. The van der Waals surface area contributed by atoms with E-state index in [9.17, 15) is 4.79 Å². The standard InChI is InChI=1S/C13H22N4O2S2/c1-13(2,3)19-12(18)16-6-9-17(7-4-14-10-20)8-5-15-11-21/h4-9H2,1-3H3,(H,16,18). The molecule has 6 nitrogen and oxygen atoms in total. The van der Waals surface area contributed by atoms with E-state index in [0.717, 1.165) is 0 Å². The van der Waals surface area contributed by atoms with Gasteiger partial charge in [-0.2, -0.15) is 0 Å². The Labute approximate surface area is 136 Å². The fourth-order valence-corrected chi connectivity index (χ4v) is 1.62. The predicted molar refractivity (Wildman–Crippen MR) is 90.5 cm³/mol. The van der Waals surface area contributed by atoms with Crippen molar-refractivity contribution in [3.8, 4) is 0 Å². The van der Waals surface area contributed by atoms with Crippen molar-refractivity contribution in [1.82, 2.24) is 10.2 Å². The van der Waals surface area contributed by atoms with Gasteiger partial charge in [-0.1, -0.05) is 0 Å². The molecule has 0 saturated carbocycles. The lowest BCUT2D eigenvalue weighted by atomic mass is 10.2. The molecule has 0 radical (unpaired) electrons. The van der Waals surface area contributed by atoms with Gasteiger partial charge >= 0.3 is 6.09 Å². The Kier molecular flexibility index (Phi) is 10.8. The van der Waals surface area contributed by atoms with Crippen LogP contribution in [0.2, 0.25) is 0 Å². The van der Waals surface area contributed by atoms with Gasteiger partial charge in [-0.15, -0.1) is 0 Å². The van der Waals surface area contributed by atoms with Crippen molar-refractivity contribution in [2.75, 3.05) is 39.3 Å². The molecule has 8 heteroatoms. The Balaban J connectivity index is 4.11. The lowest BCUT2D eigenvalue weighted by Crippen LogP contribution is -2.39. The van der Waals surface area contributed by atoms with Crippen molar-refractivity contribution in [3.05, 3.63) is 0 Å². The topological polar surface area (TPSA) is 66.3 Å². The van der Waals surface area contributed by atoms with Gasteiger partial charge in [0, 0.05) is 26.2 Å². The second-order valence-corrected chi connectivity index (χ2v) is 5.58. The van der Waals surface area contributed by atoms with Gasteiger partial charge in [0.2, 0.25) is 0 Å². The molecule has 0 rings (SSSR count). The van der Waals surface area contributed by atoms with E-state index in [-0.39, 0.29) is 0 Å². The van der Waals surface area contributed by atoms with Crippen molar-refractivity contribution >= 4 is 40.9 Å². The summed E-state index contributed by atoms with van der Waals surface area (Å²) in [5.74, 6) is 0. The molecule has 118 valence electrons. The monoisotopic (exact) mass is 330 g/mol. The zero-order chi connectivity index (χ0) is 16.1. The summed E-state index contributed by atoms with van der Waals surface area (Å²) < 4.78 is 5.16. The largest absolute Gasteiger partial charge is 0.444 e. The van der Waals surface area contributed by atoms with Gasteiger partial charge in [0.1, 0.15) is 5.60 Å². The summed E-state index contributed by atoms with van der Waals surface area (Å²) in [6.45, 7) is 9.19. The number of ether oxygens (including phenoxy) is 1. The van der Waals surface area contributed by atoms with Gasteiger partial charge in [0.15, 0.2) is 0 Å². The van der Waals surface area contributed by atoms with Crippen LogP contribution in [-0.4, -0.2) is 66.2 Å². The SMILES string of the molecule is CC(C)(C)OC(=O)NCCN(CCN=C=S)CCN=C=S. The molecule has 0 aromatic heterocycles. The molecule has 0 bridgehead atoms. The maximum atomic E-state index is 11.5. The molecule has 0 aliphatic rings. The first kappa shape index (κ1) is 19.8. The van der Waals surface area contributed by atoms with Crippen molar-refractivity contribution in [1.29, 1.82) is 0 Å². The number of amides is 1. The zero-order valence-corrected chi connectivity index (χ0v) is 14.4. The van der Waals surface area contributed by atoms with Gasteiger partial charge in [-0.3, -0.25) is 4.90 Å². The minimum absolute atomic E-state index is 0.420. The van der Waals surface area contributed by atoms with E-state index in [1.54, 1.807) is 0 Å². The van der Waals surface area contributed by atoms with E-state index in [4.69, 9.17) is 4.74 Å². The summed E-state index contributed by atoms with van der Waals surface area (Å²) in [4.78, 5) is 21.4. The summed E-state index contributed by atoms with van der Waals surface area (Å²) >= 11 is 9.06. The van der Waals surface area contributed by atoms with Gasteiger partial charge in [-0.25, -0.2) is 14.8 Å². The molecule has 0 aromatic carbocycles. The van der Waals surface area contributed by atoms with Gasteiger partial charge < -0.3 is 10.1 Å². The summed E-state index contributed by atoms with van der Waals surface area (Å²) in [5.41, 5.74) is -0.494. The third kappa shape index (κ3) is 13.6. The molecule has 0 heterocycles. The fourth-order valence-electron chi connectivity index (χ4n) is 1.44. The second kappa shape index (κ2) is 11.5. The van der Waals surface area contributed by atoms with E-state index < -0.39 is 11.7 Å². The zero-order valence-electron chi connectivity index (χ0n) is 12.7. The summed E-state index contributed by atoms with van der Waals surface area (Å²) in [6.07, 6.45) is -0.420. The second-order valence-electron chi connectivity index (χ2n) is 5.22. The number of thiocarbonyl (C=S) groups is 2. The average Bonchev–Trinajstić information content (AvgIpc) is 2.36.